The van der Waals surface area contributed by atoms with E-state index in [9.17, 15) is 13.2 Å². The van der Waals surface area contributed by atoms with E-state index in [1.54, 1.807) is 0 Å². The Balaban J connectivity index is 0. The van der Waals surface area contributed by atoms with Crippen molar-refractivity contribution in [3.63, 3.8) is 0 Å². The number of primary amides is 1. The standard InChI is InChI=1S/C3H10Si.C2H2F3NO/c1-4(2)3;3-2(4,5)1(6)7/h4H,1-3H3;(H2,6,7). The molecule has 0 aromatic rings. The van der Waals surface area contributed by atoms with Gasteiger partial charge in [0.25, 0.3) is 0 Å². The number of carbonyl (C=O) groups is 1. The molecule has 0 radical (unpaired) electrons. The van der Waals surface area contributed by atoms with Crippen LogP contribution in [0.5, 0.6) is 0 Å². The Labute approximate surface area is 65.2 Å². The zero-order valence-corrected chi connectivity index (χ0v) is 7.85. The van der Waals surface area contributed by atoms with E-state index in [4.69, 9.17) is 4.79 Å². The summed E-state index contributed by atoms with van der Waals surface area (Å²) in [6, 6.07) is 0. The summed E-state index contributed by atoms with van der Waals surface area (Å²) in [4.78, 5) is 9.12. The SMILES string of the molecule is C[SiH](C)C.NC(=O)C(F)(F)F. The maximum absolute atomic E-state index is 10.7. The molecule has 0 unspecified atom stereocenters. The Morgan fingerprint density at radius 2 is 1.36 bits per heavy atom. The first-order valence-corrected chi connectivity index (χ1v) is 6.51. The number of nitrogens with two attached hydrogens (primary N) is 1. The Bertz CT molecular complexity index is 121. The summed E-state index contributed by atoms with van der Waals surface area (Å²) >= 11 is 0. The van der Waals surface area contributed by atoms with Crippen molar-refractivity contribution in [2.24, 2.45) is 5.73 Å². The first kappa shape index (κ1) is 13.1. The molecule has 0 aromatic carbocycles. The quantitative estimate of drug-likeness (QED) is 0.568. The fraction of sp³-hybridized carbons (Fsp3) is 0.800. The summed E-state index contributed by atoms with van der Waals surface area (Å²) < 4.78 is 32.1. The minimum absolute atomic E-state index is 0.139. The average Bonchev–Trinajstić information content (AvgIpc) is 1.59. The van der Waals surface area contributed by atoms with Gasteiger partial charge in [-0.3, -0.25) is 4.79 Å². The average molecular weight is 187 g/mol. The number of halogens is 3. The van der Waals surface area contributed by atoms with E-state index in [0.717, 1.165) is 0 Å². The molecule has 0 saturated carbocycles. The van der Waals surface area contributed by atoms with Gasteiger partial charge in [-0.1, -0.05) is 19.6 Å². The molecule has 2 N–H and O–H groups in total. The maximum atomic E-state index is 10.7. The van der Waals surface area contributed by atoms with Gasteiger partial charge in [0.1, 0.15) is 0 Å². The van der Waals surface area contributed by atoms with Crippen molar-refractivity contribution in [1.82, 2.24) is 0 Å². The lowest BCUT2D eigenvalue weighted by atomic mass is 10.6. The smallest absolute Gasteiger partial charge is 0.362 e. The molecule has 0 heterocycles. The molecule has 0 aliphatic heterocycles. The lowest BCUT2D eigenvalue weighted by Crippen LogP contribution is -2.30. The molecule has 0 spiro atoms. The van der Waals surface area contributed by atoms with Crippen molar-refractivity contribution in [3.05, 3.63) is 0 Å². The van der Waals surface area contributed by atoms with E-state index in [1.165, 1.54) is 0 Å². The normalized spacial score (nSPS) is 10.5. The molecule has 2 nitrogen and oxygen atoms in total. The summed E-state index contributed by atoms with van der Waals surface area (Å²) in [5.74, 6) is -2.26. The van der Waals surface area contributed by atoms with Gasteiger partial charge in [-0.25, -0.2) is 0 Å². The Kier molecular flexibility index (Phi) is 6.15. The zero-order chi connectivity index (χ0) is 9.65. The first-order valence-electron chi connectivity index (χ1n) is 3.04. The summed E-state index contributed by atoms with van der Waals surface area (Å²) in [5.41, 5.74) is 3.81. The number of amides is 1. The second-order valence-electron chi connectivity index (χ2n) is 2.59. The van der Waals surface area contributed by atoms with Gasteiger partial charge in [0.2, 0.25) is 0 Å². The largest absolute Gasteiger partial charge is 0.470 e. The molecule has 0 aromatic heterocycles. The van der Waals surface area contributed by atoms with Crippen molar-refractivity contribution < 1.29 is 18.0 Å². The van der Waals surface area contributed by atoms with E-state index < -0.39 is 12.1 Å². The van der Waals surface area contributed by atoms with Crippen LogP contribution in [0.25, 0.3) is 0 Å². The van der Waals surface area contributed by atoms with Crippen LogP contribution in [0.4, 0.5) is 13.2 Å². The van der Waals surface area contributed by atoms with E-state index >= 15 is 0 Å². The second-order valence-corrected chi connectivity index (χ2v) is 6.06. The third-order valence-electron chi connectivity index (χ3n) is 0.279. The number of alkyl halides is 3. The summed E-state index contributed by atoms with van der Waals surface area (Å²) in [5, 5.41) is 0. The topological polar surface area (TPSA) is 43.1 Å². The van der Waals surface area contributed by atoms with Crippen LogP contribution in [0.2, 0.25) is 19.6 Å². The Morgan fingerprint density at radius 1 is 1.27 bits per heavy atom. The third-order valence-corrected chi connectivity index (χ3v) is 0.279. The van der Waals surface area contributed by atoms with Crippen molar-refractivity contribution in [1.29, 1.82) is 0 Å². The molecule has 1 amide bonds. The molecule has 68 valence electrons. The molecule has 11 heavy (non-hydrogen) atoms. The molecule has 0 saturated heterocycles. The predicted octanol–water partition coefficient (Wildman–Crippen LogP) is 1.14. The lowest BCUT2D eigenvalue weighted by Gasteiger charge is -1.95. The third kappa shape index (κ3) is 17.7. The predicted molar refractivity (Wildman–Crippen MR) is 40.0 cm³/mol. The van der Waals surface area contributed by atoms with Gasteiger partial charge in [0.15, 0.2) is 0 Å². The minimum Gasteiger partial charge on any atom is -0.362 e. The minimum atomic E-state index is -4.86. The van der Waals surface area contributed by atoms with Crippen LogP contribution in [0.3, 0.4) is 0 Å². The van der Waals surface area contributed by atoms with Crippen molar-refractivity contribution in [2.75, 3.05) is 0 Å². The second kappa shape index (κ2) is 5.17. The van der Waals surface area contributed by atoms with E-state index in [2.05, 4.69) is 25.4 Å². The first-order chi connectivity index (χ1) is 4.68. The molecule has 0 aliphatic carbocycles. The van der Waals surface area contributed by atoms with E-state index in [-0.39, 0.29) is 8.80 Å². The van der Waals surface area contributed by atoms with E-state index in [1.807, 2.05) is 0 Å². The molecule has 0 atom stereocenters. The van der Waals surface area contributed by atoms with Crippen molar-refractivity contribution in [3.8, 4) is 0 Å². The molecule has 6 heteroatoms. The Morgan fingerprint density at radius 3 is 1.36 bits per heavy atom. The van der Waals surface area contributed by atoms with E-state index in [0.29, 0.717) is 0 Å². The lowest BCUT2D eigenvalue weighted by molar-refractivity contribution is -0.169. The molecule has 0 rings (SSSR count). The van der Waals surface area contributed by atoms with Crippen LogP contribution in [0.15, 0.2) is 0 Å². The van der Waals surface area contributed by atoms with Crippen LogP contribution in [0.1, 0.15) is 0 Å². The molecular weight excluding hydrogens is 175 g/mol. The fourth-order valence-electron chi connectivity index (χ4n) is 0. The van der Waals surface area contributed by atoms with Gasteiger partial charge >= 0.3 is 12.1 Å². The number of rotatable bonds is 0. The van der Waals surface area contributed by atoms with Crippen LogP contribution in [-0.2, 0) is 4.79 Å². The van der Waals surface area contributed by atoms with Gasteiger partial charge < -0.3 is 5.73 Å². The molecule has 0 bridgehead atoms. The summed E-state index contributed by atoms with van der Waals surface area (Å²) in [7, 11) is -0.139. The highest BCUT2D eigenvalue weighted by Gasteiger charge is 2.35. The highest BCUT2D eigenvalue weighted by molar-refractivity contribution is 6.54. The highest BCUT2D eigenvalue weighted by Crippen LogP contribution is 2.11. The highest BCUT2D eigenvalue weighted by atomic mass is 28.3. The zero-order valence-electron chi connectivity index (χ0n) is 6.70. The number of hydrogen-bond donors (Lipinski definition) is 1. The number of hydrogen-bond acceptors (Lipinski definition) is 1. The van der Waals surface area contributed by atoms with Crippen LogP contribution >= 0.6 is 0 Å². The van der Waals surface area contributed by atoms with Gasteiger partial charge in [-0.15, -0.1) is 0 Å². The number of carbonyl (C=O) groups excluding carboxylic acids is 1. The summed E-state index contributed by atoms with van der Waals surface area (Å²) in [6.07, 6.45) is -4.86. The van der Waals surface area contributed by atoms with Crippen molar-refractivity contribution >= 4 is 14.7 Å². The summed E-state index contributed by atoms with van der Waals surface area (Å²) in [6.45, 7) is 6.92. The Hall–Kier alpha value is -0.523. The molecular formula is C5H12F3NOSi. The van der Waals surface area contributed by atoms with Crippen LogP contribution in [0, 0.1) is 0 Å². The van der Waals surface area contributed by atoms with Gasteiger partial charge in [0.05, 0.1) is 0 Å². The molecule has 0 aliphatic rings. The molecule has 0 fully saturated rings. The van der Waals surface area contributed by atoms with Gasteiger partial charge in [-0.05, 0) is 0 Å². The fourth-order valence-corrected chi connectivity index (χ4v) is 0. The van der Waals surface area contributed by atoms with Crippen LogP contribution < -0.4 is 5.73 Å². The van der Waals surface area contributed by atoms with Crippen LogP contribution in [-0.4, -0.2) is 20.9 Å². The van der Waals surface area contributed by atoms with Gasteiger partial charge in [0, 0.05) is 8.80 Å². The van der Waals surface area contributed by atoms with Gasteiger partial charge in [-0.2, -0.15) is 13.2 Å². The maximum Gasteiger partial charge on any atom is 0.470 e. The monoisotopic (exact) mass is 187 g/mol. The van der Waals surface area contributed by atoms with Crippen molar-refractivity contribution in [2.45, 2.75) is 25.8 Å².